The molecule has 0 unspecified atom stereocenters. The van der Waals surface area contributed by atoms with Crippen LogP contribution in [0.15, 0.2) is 29.4 Å². The zero-order valence-electron chi connectivity index (χ0n) is 17.3. The van der Waals surface area contributed by atoms with Crippen LogP contribution in [0.1, 0.15) is 17.0 Å². The van der Waals surface area contributed by atoms with Crippen molar-refractivity contribution in [2.75, 3.05) is 33.6 Å². The highest BCUT2D eigenvalue weighted by atomic mass is 32.2. The number of hydrogen-bond acceptors (Lipinski definition) is 7. The molecule has 0 radical (unpaired) electrons. The van der Waals surface area contributed by atoms with E-state index in [1.807, 2.05) is 38.1 Å². The molecule has 8 nitrogen and oxygen atoms in total. The lowest BCUT2D eigenvalue weighted by molar-refractivity contribution is -0.127. The maximum Gasteiger partial charge on any atom is 0.253 e. The number of carbonyl (C=O) groups is 1. The summed E-state index contributed by atoms with van der Waals surface area (Å²) in [6, 6.07) is 7.73. The van der Waals surface area contributed by atoms with E-state index in [0.717, 1.165) is 23.4 Å². The van der Waals surface area contributed by atoms with E-state index in [2.05, 4.69) is 15.1 Å². The van der Waals surface area contributed by atoms with E-state index in [4.69, 9.17) is 9.47 Å². The summed E-state index contributed by atoms with van der Waals surface area (Å²) >= 11 is 1.32. The first-order valence-electron chi connectivity index (χ1n) is 9.20. The Labute approximate surface area is 174 Å². The zero-order valence-corrected chi connectivity index (χ0v) is 18.1. The minimum atomic E-state index is 0.0233. The summed E-state index contributed by atoms with van der Waals surface area (Å²) in [7, 11) is 5.02. The molecule has 0 saturated carbocycles. The van der Waals surface area contributed by atoms with Crippen LogP contribution in [-0.4, -0.2) is 64.0 Å². The Morgan fingerprint density at radius 2 is 1.90 bits per heavy atom. The third kappa shape index (κ3) is 4.97. The molecule has 0 spiro atoms. The number of carbonyl (C=O) groups excluding carboxylic acids is 1. The minimum Gasteiger partial charge on any atom is -0.493 e. The van der Waals surface area contributed by atoms with Gasteiger partial charge in [0.2, 0.25) is 11.1 Å². The molecule has 0 bridgehead atoms. The molecule has 154 valence electrons. The van der Waals surface area contributed by atoms with Crippen molar-refractivity contribution in [3.63, 3.8) is 0 Å². The number of benzene rings is 1. The number of thioether (sulfide) groups is 1. The third-order valence-electron chi connectivity index (χ3n) is 4.53. The fraction of sp³-hybridized carbons (Fsp3) is 0.400. The van der Waals surface area contributed by atoms with E-state index in [9.17, 15) is 4.79 Å². The quantitative estimate of drug-likeness (QED) is 0.523. The third-order valence-corrected chi connectivity index (χ3v) is 5.36. The van der Waals surface area contributed by atoms with Crippen LogP contribution in [0, 0.1) is 13.8 Å². The van der Waals surface area contributed by atoms with Crippen molar-refractivity contribution in [2.24, 2.45) is 0 Å². The Kier molecular flexibility index (Phi) is 6.58. The predicted octanol–water partition coefficient (Wildman–Crippen LogP) is 2.55. The maximum absolute atomic E-state index is 12.5. The van der Waals surface area contributed by atoms with Gasteiger partial charge in [0.05, 0.1) is 20.0 Å². The van der Waals surface area contributed by atoms with Crippen LogP contribution < -0.4 is 9.47 Å². The molecule has 3 aromatic rings. The van der Waals surface area contributed by atoms with Crippen molar-refractivity contribution in [2.45, 2.75) is 25.4 Å². The monoisotopic (exact) mass is 415 g/mol. The Hall–Kier alpha value is -2.81. The summed E-state index contributed by atoms with van der Waals surface area (Å²) in [6.45, 7) is 4.48. The van der Waals surface area contributed by atoms with Gasteiger partial charge in [-0.1, -0.05) is 17.8 Å². The number of likely N-dealkylation sites (N-methyl/N-ethyl adjacent to an activating group) is 1. The normalized spacial score (nSPS) is 10.9. The molecule has 3 rings (SSSR count). The number of aromatic nitrogens is 4. The van der Waals surface area contributed by atoms with Gasteiger partial charge in [0.25, 0.3) is 5.78 Å². The number of methoxy groups -OCH3 is 2. The number of hydrogen-bond donors (Lipinski definition) is 0. The highest BCUT2D eigenvalue weighted by Crippen LogP contribution is 2.27. The molecular weight excluding hydrogens is 390 g/mol. The average Bonchev–Trinajstić information content (AvgIpc) is 3.13. The standard InChI is InChI=1S/C20H25N5O3S/c1-13-10-14(2)25-19(21-13)22-20(23-25)29-12-18(26)24(3)9-8-15-6-7-16(27-4)17(11-15)28-5/h6-7,10-11H,8-9,12H2,1-5H3. The van der Waals surface area contributed by atoms with Gasteiger partial charge in [-0.3, -0.25) is 4.79 Å². The van der Waals surface area contributed by atoms with E-state index in [0.29, 0.717) is 29.0 Å². The lowest BCUT2D eigenvalue weighted by atomic mass is 10.1. The van der Waals surface area contributed by atoms with E-state index in [-0.39, 0.29) is 11.7 Å². The molecule has 1 aromatic carbocycles. The van der Waals surface area contributed by atoms with Crippen LogP contribution in [0.2, 0.25) is 0 Å². The van der Waals surface area contributed by atoms with E-state index in [1.165, 1.54) is 11.8 Å². The van der Waals surface area contributed by atoms with Gasteiger partial charge < -0.3 is 14.4 Å². The molecule has 9 heteroatoms. The smallest absolute Gasteiger partial charge is 0.253 e. The SMILES string of the molecule is COc1ccc(CCN(C)C(=O)CSc2nc3nc(C)cc(C)n3n2)cc1OC. The van der Waals surface area contributed by atoms with Crippen molar-refractivity contribution in [1.82, 2.24) is 24.5 Å². The fourth-order valence-corrected chi connectivity index (χ4v) is 3.66. The van der Waals surface area contributed by atoms with Gasteiger partial charge in [0.15, 0.2) is 11.5 Å². The van der Waals surface area contributed by atoms with Crippen molar-refractivity contribution in [3.05, 3.63) is 41.2 Å². The molecule has 0 aliphatic carbocycles. The molecule has 2 aromatic heterocycles. The molecule has 2 heterocycles. The number of nitrogens with zero attached hydrogens (tertiary/aromatic N) is 5. The number of aryl methyl sites for hydroxylation is 2. The van der Waals surface area contributed by atoms with Crippen LogP contribution >= 0.6 is 11.8 Å². The molecule has 0 N–H and O–H groups in total. The Morgan fingerprint density at radius 3 is 2.62 bits per heavy atom. The second-order valence-electron chi connectivity index (χ2n) is 6.69. The molecule has 1 amide bonds. The molecule has 0 saturated heterocycles. The lowest BCUT2D eigenvalue weighted by Crippen LogP contribution is -2.30. The maximum atomic E-state index is 12.5. The Balaban J connectivity index is 1.55. The Morgan fingerprint density at radius 1 is 1.14 bits per heavy atom. The predicted molar refractivity (Wildman–Crippen MR) is 112 cm³/mol. The van der Waals surface area contributed by atoms with E-state index < -0.39 is 0 Å². The number of ether oxygens (including phenoxy) is 2. The number of fused-ring (bicyclic) bond motifs is 1. The second-order valence-corrected chi connectivity index (χ2v) is 7.63. The minimum absolute atomic E-state index is 0.0233. The summed E-state index contributed by atoms with van der Waals surface area (Å²) in [5.41, 5.74) is 2.93. The Bertz CT molecular complexity index is 1020. The highest BCUT2D eigenvalue weighted by molar-refractivity contribution is 7.99. The van der Waals surface area contributed by atoms with E-state index >= 15 is 0 Å². The topological polar surface area (TPSA) is 81.9 Å². The molecule has 0 atom stereocenters. The first kappa shape index (κ1) is 20.9. The van der Waals surface area contributed by atoms with Crippen LogP contribution in [-0.2, 0) is 11.2 Å². The van der Waals surface area contributed by atoms with Gasteiger partial charge in [0.1, 0.15) is 0 Å². The second kappa shape index (κ2) is 9.13. The van der Waals surface area contributed by atoms with Crippen LogP contribution in [0.3, 0.4) is 0 Å². The first-order chi connectivity index (χ1) is 13.9. The van der Waals surface area contributed by atoms with Gasteiger partial charge in [0, 0.05) is 25.0 Å². The summed E-state index contributed by atoms with van der Waals surface area (Å²) in [6.07, 6.45) is 0.724. The summed E-state index contributed by atoms with van der Waals surface area (Å²) < 4.78 is 12.3. The summed E-state index contributed by atoms with van der Waals surface area (Å²) in [5.74, 6) is 2.23. The number of rotatable bonds is 8. The van der Waals surface area contributed by atoms with Crippen molar-refractivity contribution >= 4 is 23.4 Å². The fourth-order valence-electron chi connectivity index (χ4n) is 2.90. The molecule has 0 fully saturated rings. The van der Waals surface area contributed by atoms with Crippen molar-refractivity contribution in [3.8, 4) is 11.5 Å². The highest BCUT2D eigenvalue weighted by Gasteiger charge is 2.14. The van der Waals surface area contributed by atoms with Gasteiger partial charge in [-0.2, -0.15) is 4.98 Å². The van der Waals surface area contributed by atoms with Gasteiger partial charge in [-0.15, -0.1) is 5.10 Å². The summed E-state index contributed by atoms with van der Waals surface area (Å²) in [5, 5.41) is 4.97. The van der Waals surface area contributed by atoms with Crippen LogP contribution in [0.4, 0.5) is 0 Å². The lowest BCUT2D eigenvalue weighted by Gasteiger charge is -2.17. The van der Waals surface area contributed by atoms with Gasteiger partial charge in [-0.05, 0) is 44.0 Å². The molecular formula is C20H25N5O3S. The van der Waals surface area contributed by atoms with Crippen LogP contribution in [0.5, 0.6) is 11.5 Å². The van der Waals surface area contributed by atoms with Crippen molar-refractivity contribution < 1.29 is 14.3 Å². The van der Waals surface area contributed by atoms with E-state index in [1.54, 1.807) is 30.7 Å². The zero-order chi connectivity index (χ0) is 21.0. The average molecular weight is 416 g/mol. The molecule has 0 aliphatic rings. The largest absolute Gasteiger partial charge is 0.493 e. The van der Waals surface area contributed by atoms with Crippen LogP contribution in [0.25, 0.3) is 5.78 Å². The number of amides is 1. The van der Waals surface area contributed by atoms with Crippen molar-refractivity contribution in [1.29, 1.82) is 0 Å². The molecule has 29 heavy (non-hydrogen) atoms. The summed E-state index contributed by atoms with van der Waals surface area (Å²) in [4.78, 5) is 23.0. The van der Waals surface area contributed by atoms with Gasteiger partial charge in [-0.25, -0.2) is 9.50 Å². The first-order valence-corrected chi connectivity index (χ1v) is 10.2. The van der Waals surface area contributed by atoms with Gasteiger partial charge >= 0.3 is 0 Å². The molecule has 0 aliphatic heterocycles.